The van der Waals surface area contributed by atoms with E-state index >= 15 is 0 Å². The molecule has 4 rings (SSSR count). The van der Waals surface area contributed by atoms with E-state index in [1.807, 2.05) is 60.7 Å². The van der Waals surface area contributed by atoms with E-state index in [2.05, 4.69) is 10.3 Å². The maximum Gasteiger partial charge on any atom is 0.251 e. The van der Waals surface area contributed by atoms with Gasteiger partial charge in [-0.3, -0.25) is 4.79 Å². The zero-order valence-corrected chi connectivity index (χ0v) is 17.8. The summed E-state index contributed by atoms with van der Waals surface area (Å²) >= 11 is 0. The fraction of sp³-hybridized carbons (Fsp3) is 0.280. The van der Waals surface area contributed by atoms with Crippen LogP contribution in [-0.4, -0.2) is 37.8 Å². The lowest BCUT2D eigenvalue weighted by Crippen LogP contribution is -2.25. The molecular formula is C25H26N2O4. The summed E-state index contributed by atoms with van der Waals surface area (Å²) in [6.45, 7) is 0.482. The van der Waals surface area contributed by atoms with Gasteiger partial charge in [-0.05, 0) is 48.7 Å². The zero-order chi connectivity index (χ0) is 21.6. The third-order valence-corrected chi connectivity index (χ3v) is 5.15. The van der Waals surface area contributed by atoms with E-state index in [0.717, 1.165) is 29.7 Å². The number of aromatic nitrogens is 1. The van der Waals surface area contributed by atoms with Crippen LogP contribution in [0.4, 0.5) is 0 Å². The van der Waals surface area contributed by atoms with Crippen LogP contribution in [0.15, 0.2) is 60.7 Å². The van der Waals surface area contributed by atoms with Gasteiger partial charge >= 0.3 is 0 Å². The summed E-state index contributed by atoms with van der Waals surface area (Å²) in [5.41, 5.74) is 3.38. The number of ether oxygens (including phenoxy) is 3. The van der Waals surface area contributed by atoms with Crippen LogP contribution in [0.5, 0.6) is 17.4 Å². The third kappa shape index (κ3) is 5.34. The van der Waals surface area contributed by atoms with Gasteiger partial charge in [-0.15, -0.1) is 0 Å². The minimum absolute atomic E-state index is 0.0355. The molecule has 31 heavy (non-hydrogen) atoms. The molecule has 1 heterocycles. The number of nitrogens with zero attached hydrogens (tertiary/aromatic N) is 1. The van der Waals surface area contributed by atoms with Crippen molar-refractivity contribution in [3.63, 3.8) is 0 Å². The molecule has 1 amide bonds. The highest BCUT2D eigenvalue weighted by Gasteiger charge is 2.23. The maximum atomic E-state index is 12.3. The van der Waals surface area contributed by atoms with Gasteiger partial charge in [0.05, 0.1) is 26.5 Å². The number of hydrogen-bond acceptors (Lipinski definition) is 5. The average molecular weight is 418 g/mol. The minimum Gasteiger partial charge on any atom is -0.493 e. The second kappa shape index (κ2) is 9.51. The second-order valence-corrected chi connectivity index (χ2v) is 7.48. The Bertz CT molecular complexity index is 1060. The Balaban J connectivity index is 1.40. The van der Waals surface area contributed by atoms with Gasteiger partial charge in [0.25, 0.3) is 5.91 Å². The second-order valence-electron chi connectivity index (χ2n) is 7.48. The molecule has 0 saturated heterocycles. The van der Waals surface area contributed by atoms with Crippen molar-refractivity contribution in [2.45, 2.75) is 25.3 Å². The fourth-order valence-corrected chi connectivity index (χ4v) is 3.28. The SMILES string of the molecule is COc1ccc(CCOc2cccc(-c3cccc(C(=O)NC4CC4)c3)n2)cc1OC. The number of pyridine rings is 1. The molecule has 1 aromatic heterocycles. The Hall–Kier alpha value is -3.54. The first-order chi connectivity index (χ1) is 15.2. The highest BCUT2D eigenvalue weighted by Crippen LogP contribution is 2.28. The molecular weight excluding hydrogens is 392 g/mol. The molecule has 0 atom stereocenters. The van der Waals surface area contributed by atoms with Crippen molar-refractivity contribution in [2.75, 3.05) is 20.8 Å². The molecule has 1 aliphatic rings. The lowest BCUT2D eigenvalue weighted by molar-refractivity contribution is 0.0951. The Morgan fingerprint density at radius 2 is 1.81 bits per heavy atom. The van der Waals surface area contributed by atoms with Crippen molar-refractivity contribution in [2.24, 2.45) is 0 Å². The first-order valence-electron chi connectivity index (χ1n) is 10.4. The summed E-state index contributed by atoms with van der Waals surface area (Å²) in [6.07, 6.45) is 2.84. The molecule has 0 unspecified atom stereocenters. The van der Waals surface area contributed by atoms with E-state index < -0.39 is 0 Å². The van der Waals surface area contributed by atoms with Gasteiger partial charge in [0.2, 0.25) is 5.88 Å². The third-order valence-electron chi connectivity index (χ3n) is 5.15. The lowest BCUT2D eigenvalue weighted by Gasteiger charge is -2.11. The van der Waals surface area contributed by atoms with E-state index in [4.69, 9.17) is 14.2 Å². The Labute approximate surface area is 182 Å². The van der Waals surface area contributed by atoms with Crippen LogP contribution in [0.3, 0.4) is 0 Å². The molecule has 2 aromatic carbocycles. The van der Waals surface area contributed by atoms with Gasteiger partial charge in [0.1, 0.15) is 0 Å². The predicted octanol–water partition coefficient (Wildman–Crippen LogP) is 4.28. The average Bonchev–Trinajstić information content (AvgIpc) is 3.63. The minimum atomic E-state index is -0.0355. The highest BCUT2D eigenvalue weighted by atomic mass is 16.5. The van der Waals surface area contributed by atoms with E-state index in [1.54, 1.807) is 14.2 Å². The first-order valence-corrected chi connectivity index (χ1v) is 10.4. The quantitative estimate of drug-likeness (QED) is 0.562. The summed E-state index contributed by atoms with van der Waals surface area (Å²) in [7, 11) is 3.24. The summed E-state index contributed by atoms with van der Waals surface area (Å²) in [6, 6.07) is 19.3. The zero-order valence-electron chi connectivity index (χ0n) is 17.8. The Kier molecular flexibility index (Phi) is 6.36. The number of methoxy groups -OCH3 is 2. The highest BCUT2D eigenvalue weighted by molar-refractivity contribution is 5.95. The predicted molar refractivity (Wildman–Crippen MR) is 119 cm³/mol. The fourth-order valence-electron chi connectivity index (χ4n) is 3.28. The molecule has 0 aliphatic heterocycles. The van der Waals surface area contributed by atoms with Gasteiger partial charge < -0.3 is 19.5 Å². The summed E-state index contributed by atoms with van der Waals surface area (Å²) in [4.78, 5) is 16.9. The van der Waals surface area contributed by atoms with Gasteiger partial charge in [-0.25, -0.2) is 4.98 Å². The van der Waals surface area contributed by atoms with Crippen LogP contribution in [-0.2, 0) is 6.42 Å². The monoisotopic (exact) mass is 418 g/mol. The van der Waals surface area contributed by atoms with Crippen LogP contribution in [0, 0.1) is 0 Å². The maximum absolute atomic E-state index is 12.3. The topological polar surface area (TPSA) is 69.7 Å². The van der Waals surface area contributed by atoms with Crippen LogP contribution in [0.25, 0.3) is 11.3 Å². The van der Waals surface area contributed by atoms with Crippen molar-refractivity contribution >= 4 is 5.91 Å². The number of carbonyl (C=O) groups excluding carboxylic acids is 1. The van der Waals surface area contributed by atoms with Crippen LogP contribution in [0.2, 0.25) is 0 Å². The number of amides is 1. The van der Waals surface area contributed by atoms with Gasteiger partial charge in [0, 0.05) is 29.7 Å². The molecule has 1 N–H and O–H groups in total. The van der Waals surface area contributed by atoms with E-state index in [-0.39, 0.29) is 5.91 Å². The molecule has 1 aliphatic carbocycles. The number of carbonyl (C=O) groups is 1. The molecule has 160 valence electrons. The molecule has 6 heteroatoms. The number of benzene rings is 2. The van der Waals surface area contributed by atoms with Crippen molar-refractivity contribution in [3.8, 4) is 28.6 Å². The Morgan fingerprint density at radius 1 is 1.00 bits per heavy atom. The molecule has 0 spiro atoms. The normalized spacial score (nSPS) is 12.8. The molecule has 3 aromatic rings. The summed E-state index contributed by atoms with van der Waals surface area (Å²) < 4.78 is 16.5. The van der Waals surface area contributed by atoms with Crippen LogP contribution in [0.1, 0.15) is 28.8 Å². The van der Waals surface area contributed by atoms with Crippen molar-refractivity contribution < 1.29 is 19.0 Å². The number of nitrogens with one attached hydrogen (secondary N) is 1. The van der Waals surface area contributed by atoms with E-state index in [0.29, 0.717) is 42.0 Å². The summed E-state index contributed by atoms with van der Waals surface area (Å²) in [5, 5.41) is 3.02. The Morgan fingerprint density at radius 3 is 2.58 bits per heavy atom. The van der Waals surface area contributed by atoms with E-state index in [1.165, 1.54) is 0 Å². The van der Waals surface area contributed by atoms with Gasteiger partial charge in [-0.2, -0.15) is 0 Å². The molecule has 0 bridgehead atoms. The van der Waals surface area contributed by atoms with Gasteiger partial charge in [-0.1, -0.05) is 24.3 Å². The van der Waals surface area contributed by atoms with Crippen molar-refractivity contribution in [1.82, 2.24) is 10.3 Å². The molecule has 1 fully saturated rings. The van der Waals surface area contributed by atoms with Crippen LogP contribution < -0.4 is 19.5 Å². The standard InChI is InChI=1S/C25H26N2O4/c1-29-22-12-9-17(15-23(22)30-2)13-14-31-24-8-4-7-21(27-24)18-5-3-6-19(16-18)25(28)26-20-10-11-20/h3-9,12,15-16,20H,10-11,13-14H2,1-2H3,(H,26,28). The van der Waals surface area contributed by atoms with Gasteiger partial charge in [0.15, 0.2) is 11.5 Å². The first kappa shape index (κ1) is 20.7. The molecule has 0 radical (unpaired) electrons. The molecule has 6 nitrogen and oxygen atoms in total. The van der Waals surface area contributed by atoms with Crippen molar-refractivity contribution in [1.29, 1.82) is 0 Å². The van der Waals surface area contributed by atoms with Crippen LogP contribution >= 0.6 is 0 Å². The largest absolute Gasteiger partial charge is 0.493 e. The molecule has 1 saturated carbocycles. The number of hydrogen-bond donors (Lipinski definition) is 1. The number of rotatable bonds is 9. The lowest BCUT2D eigenvalue weighted by atomic mass is 10.1. The smallest absolute Gasteiger partial charge is 0.251 e. The summed E-state index contributed by atoms with van der Waals surface area (Å²) in [5.74, 6) is 1.91. The van der Waals surface area contributed by atoms with E-state index in [9.17, 15) is 4.79 Å². The van der Waals surface area contributed by atoms with Crippen molar-refractivity contribution in [3.05, 3.63) is 71.8 Å².